The van der Waals surface area contributed by atoms with Gasteiger partial charge in [-0.15, -0.1) is 0 Å². The van der Waals surface area contributed by atoms with Crippen molar-refractivity contribution in [1.82, 2.24) is 10.3 Å². The van der Waals surface area contributed by atoms with E-state index in [1.54, 1.807) is 0 Å². The highest BCUT2D eigenvalue weighted by atomic mass is 15.2. The van der Waals surface area contributed by atoms with E-state index in [2.05, 4.69) is 41.2 Å². The fraction of sp³-hybridized carbons (Fsp3) is 0.722. The maximum atomic E-state index is 4.68. The molecule has 0 amide bonds. The van der Waals surface area contributed by atoms with Gasteiger partial charge < -0.3 is 10.2 Å². The van der Waals surface area contributed by atoms with Gasteiger partial charge in [0.25, 0.3) is 0 Å². The topological polar surface area (TPSA) is 28.2 Å². The summed E-state index contributed by atoms with van der Waals surface area (Å²) in [6.45, 7) is 6.59. The minimum atomic E-state index is 0.407. The molecule has 1 saturated heterocycles. The van der Waals surface area contributed by atoms with Gasteiger partial charge in [-0.2, -0.15) is 0 Å². The third-order valence-electron chi connectivity index (χ3n) is 5.32. The van der Waals surface area contributed by atoms with E-state index in [9.17, 15) is 0 Å². The lowest BCUT2D eigenvalue weighted by molar-refractivity contribution is 0.429. The molecule has 2 fully saturated rings. The Morgan fingerprint density at radius 3 is 2.86 bits per heavy atom. The largest absolute Gasteiger partial charge is 0.353 e. The maximum Gasteiger partial charge on any atom is 0.129 e. The molecular weight excluding hydrogens is 258 g/mol. The van der Waals surface area contributed by atoms with Gasteiger partial charge in [0.15, 0.2) is 0 Å². The van der Waals surface area contributed by atoms with Crippen molar-refractivity contribution in [3.8, 4) is 0 Å². The molecule has 0 radical (unpaired) electrons. The van der Waals surface area contributed by atoms with Crippen molar-refractivity contribution in [3.63, 3.8) is 0 Å². The lowest BCUT2D eigenvalue weighted by Crippen LogP contribution is -2.35. The van der Waals surface area contributed by atoms with Crippen LogP contribution < -0.4 is 10.2 Å². The van der Waals surface area contributed by atoms with Crippen LogP contribution in [0.1, 0.15) is 64.0 Å². The Morgan fingerprint density at radius 2 is 2.10 bits per heavy atom. The number of rotatable bonds is 5. The summed E-state index contributed by atoms with van der Waals surface area (Å²) in [7, 11) is 0. The summed E-state index contributed by atoms with van der Waals surface area (Å²) in [5.74, 6) is 2.11. The molecule has 0 spiro atoms. The number of pyridine rings is 1. The molecule has 0 bridgehead atoms. The van der Waals surface area contributed by atoms with Crippen molar-refractivity contribution in [3.05, 3.63) is 23.9 Å². The first-order chi connectivity index (χ1) is 10.3. The minimum Gasteiger partial charge on any atom is -0.353 e. The van der Waals surface area contributed by atoms with Crippen molar-refractivity contribution in [2.45, 2.75) is 64.5 Å². The van der Waals surface area contributed by atoms with Crippen LogP contribution >= 0.6 is 0 Å². The van der Waals surface area contributed by atoms with Crippen molar-refractivity contribution in [2.24, 2.45) is 5.92 Å². The summed E-state index contributed by atoms with van der Waals surface area (Å²) in [5, 5.41) is 3.50. The number of hydrogen-bond donors (Lipinski definition) is 1. The second kappa shape index (κ2) is 6.78. The molecule has 3 rings (SSSR count). The highest BCUT2D eigenvalue weighted by Crippen LogP contribution is 2.37. The number of nitrogens with one attached hydrogen (secondary N) is 1. The summed E-state index contributed by atoms with van der Waals surface area (Å²) in [6.07, 6.45) is 10.4. The fourth-order valence-electron chi connectivity index (χ4n) is 4.19. The van der Waals surface area contributed by atoms with Gasteiger partial charge in [0, 0.05) is 24.8 Å². The minimum absolute atomic E-state index is 0.407. The first kappa shape index (κ1) is 14.8. The average Bonchev–Trinajstić information content (AvgIpc) is 3.18. The molecule has 2 unspecified atom stereocenters. The molecule has 3 heteroatoms. The molecule has 1 aliphatic carbocycles. The molecule has 116 valence electrons. The smallest absolute Gasteiger partial charge is 0.129 e. The van der Waals surface area contributed by atoms with Crippen LogP contribution in [0.15, 0.2) is 18.3 Å². The third-order valence-corrected chi connectivity index (χ3v) is 5.32. The molecule has 1 aromatic heterocycles. The number of hydrogen-bond acceptors (Lipinski definition) is 3. The molecule has 1 N–H and O–H groups in total. The average molecular weight is 287 g/mol. The first-order valence-electron chi connectivity index (χ1n) is 8.75. The Morgan fingerprint density at radius 1 is 1.29 bits per heavy atom. The van der Waals surface area contributed by atoms with Crippen LogP contribution in [0, 0.1) is 5.92 Å². The first-order valence-corrected chi connectivity index (χ1v) is 8.75. The van der Waals surface area contributed by atoms with Gasteiger partial charge in [0.2, 0.25) is 0 Å². The van der Waals surface area contributed by atoms with Crippen molar-refractivity contribution in [1.29, 1.82) is 0 Å². The van der Waals surface area contributed by atoms with E-state index in [0.29, 0.717) is 6.04 Å². The third kappa shape index (κ3) is 3.23. The number of anilines is 1. The molecule has 0 aromatic carbocycles. The predicted molar refractivity (Wildman–Crippen MR) is 88.7 cm³/mol. The van der Waals surface area contributed by atoms with Gasteiger partial charge in [-0.05, 0) is 62.8 Å². The number of aromatic nitrogens is 1. The summed E-state index contributed by atoms with van der Waals surface area (Å²) in [6, 6.07) is 5.60. The summed E-state index contributed by atoms with van der Waals surface area (Å²) in [4.78, 5) is 7.28. The van der Waals surface area contributed by atoms with E-state index in [-0.39, 0.29) is 0 Å². The molecule has 3 nitrogen and oxygen atoms in total. The maximum absolute atomic E-state index is 4.68. The van der Waals surface area contributed by atoms with E-state index >= 15 is 0 Å². The van der Waals surface area contributed by atoms with Gasteiger partial charge in [-0.1, -0.05) is 19.8 Å². The zero-order chi connectivity index (χ0) is 14.7. The molecule has 1 aromatic rings. The summed E-state index contributed by atoms with van der Waals surface area (Å²) >= 11 is 0. The van der Waals surface area contributed by atoms with Gasteiger partial charge in [-0.3, -0.25) is 0 Å². The van der Waals surface area contributed by atoms with Crippen LogP contribution in [0.5, 0.6) is 0 Å². The zero-order valence-corrected chi connectivity index (χ0v) is 13.5. The fourth-order valence-corrected chi connectivity index (χ4v) is 4.19. The normalized spacial score (nSPS) is 24.7. The van der Waals surface area contributed by atoms with E-state index in [1.165, 1.54) is 56.5 Å². The Hall–Kier alpha value is -1.09. The lowest BCUT2D eigenvalue weighted by atomic mass is 9.96. The van der Waals surface area contributed by atoms with E-state index in [1.807, 2.05) is 6.20 Å². The highest BCUT2D eigenvalue weighted by molar-refractivity contribution is 5.44. The summed E-state index contributed by atoms with van der Waals surface area (Å²) in [5.41, 5.74) is 1.36. The van der Waals surface area contributed by atoms with Gasteiger partial charge in [-0.25, -0.2) is 4.98 Å². The van der Waals surface area contributed by atoms with Crippen molar-refractivity contribution < 1.29 is 0 Å². The van der Waals surface area contributed by atoms with Crippen molar-refractivity contribution >= 4 is 5.82 Å². The van der Waals surface area contributed by atoms with Crippen LogP contribution in [0.2, 0.25) is 0 Å². The SMILES string of the molecule is CCNC(C)c1ccnc(N2CCCC2C2CCCC2)c1. The van der Waals surface area contributed by atoms with Gasteiger partial charge >= 0.3 is 0 Å². The molecule has 1 aliphatic heterocycles. The van der Waals surface area contributed by atoms with Gasteiger partial charge in [0.1, 0.15) is 5.82 Å². The summed E-state index contributed by atoms with van der Waals surface area (Å²) < 4.78 is 0. The van der Waals surface area contributed by atoms with Crippen LogP contribution in [0.4, 0.5) is 5.82 Å². The van der Waals surface area contributed by atoms with E-state index in [4.69, 9.17) is 0 Å². The molecule has 21 heavy (non-hydrogen) atoms. The van der Waals surface area contributed by atoms with Crippen LogP contribution in [0.3, 0.4) is 0 Å². The van der Waals surface area contributed by atoms with Crippen molar-refractivity contribution in [2.75, 3.05) is 18.0 Å². The quantitative estimate of drug-likeness (QED) is 0.890. The Balaban J connectivity index is 1.77. The molecule has 2 aliphatic rings. The second-order valence-electron chi connectivity index (χ2n) is 6.67. The zero-order valence-electron chi connectivity index (χ0n) is 13.5. The lowest BCUT2D eigenvalue weighted by Gasteiger charge is -2.31. The van der Waals surface area contributed by atoms with Crippen LogP contribution in [-0.4, -0.2) is 24.1 Å². The Labute approximate surface area is 129 Å². The molecule has 1 saturated carbocycles. The molecular formula is C18H29N3. The van der Waals surface area contributed by atoms with E-state index < -0.39 is 0 Å². The van der Waals surface area contributed by atoms with E-state index in [0.717, 1.165) is 18.5 Å². The molecule has 2 atom stereocenters. The highest BCUT2D eigenvalue weighted by Gasteiger charge is 2.34. The monoisotopic (exact) mass is 287 g/mol. The predicted octanol–water partition coefficient (Wildman–Crippen LogP) is 3.91. The van der Waals surface area contributed by atoms with Gasteiger partial charge in [0.05, 0.1) is 0 Å². The standard InChI is InChI=1S/C18H29N3/c1-3-19-14(2)16-10-11-20-18(13-16)21-12-6-9-17(21)15-7-4-5-8-15/h10-11,13-15,17,19H,3-9,12H2,1-2H3. The Bertz CT molecular complexity index is 454. The van der Waals surface area contributed by atoms with Crippen LogP contribution in [-0.2, 0) is 0 Å². The second-order valence-corrected chi connectivity index (χ2v) is 6.67. The molecule has 2 heterocycles. The number of nitrogens with zero attached hydrogens (tertiary/aromatic N) is 2. The Kier molecular flexibility index (Phi) is 4.79. The van der Waals surface area contributed by atoms with Crippen LogP contribution in [0.25, 0.3) is 0 Å².